The van der Waals surface area contributed by atoms with Crippen LogP contribution in [0.3, 0.4) is 0 Å². The van der Waals surface area contributed by atoms with E-state index in [4.69, 9.17) is 5.11 Å². The van der Waals surface area contributed by atoms with Crippen molar-refractivity contribution in [1.29, 1.82) is 0 Å². The van der Waals surface area contributed by atoms with E-state index in [9.17, 15) is 9.18 Å². The Morgan fingerprint density at radius 1 is 1.58 bits per heavy atom. The Hall–Kier alpha value is -1.22. The van der Waals surface area contributed by atoms with Gasteiger partial charge in [-0.2, -0.15) is 0 Å². The van der Waals surface area contributed by atoms with Crippen molar-refractivity contribution in [1.82, 2.24) is 0 Å². The van der Waals surface area contributed by atoms with Crippen molar-refractivity contribution in [3.8, 4) is 0 Å². The molecule has 3 heteroatoms. The van der Waals surface area contributed by atoms with Gasteiger partial charge in [0.1, 0.15) is 11.9 Å². The van der Waals surface area contributed by atoms with Gasteiger partial charge in [-0.1, -0.05) is 12.1 Å². The third-order valence-electron chi connectivity index (χ3n) is 1.65. The predicted molar refractivity (Wildman–Crippen MR) is 42.2 cm³/mol. The first kappa shape index (κ1) is 8.87. The van der Waals surface area contributed by atoms with Crippen LogP contribution in [0.2, 0.25) is 0 Å². The maximum atomic E-state index is 12.7. The zero-order valence-corrected chi connectivity index (χ0v) is 6.62. The average molecular weight is 168 g/mol. The summed E-state index contributed by atoms with van der Waals surface area (Å²) < 4.78 is 12.7. The van der Waals surface area contributed by atoms with Crippen LogP contribution in [0.15, 0.2) is 18.2 Å². The van der Waals surface area contributed by atoms with Crippen molar-refractivity contribution < 1.29 is 14.3 Å². The summed E-state index contributed by atoms with van der Waals surface area (Å²) in [4.78, 5) is 10.2. The molecule has 0 fully saturated rings. The van der Waals surface area contributed by atoms with Gasteiger partial charge < -0.3 is 9.90 Å². The first-order chi connectivity index (χ1) is 5.65. The van der Waals surface area contributed by atoms with Crippen molar-refractivity contribution in [2.45, 2.75) is 13.0 Å². The lowest BCUT2D eigenvalue weighted by Crippen LogP contribution is -1.98. The molecule has 1 unspecified atom stereocenters. The number of carbonyl (C=O) groups is 1. The second kappa shape index (κ2) is 3.45. The van der Waals surface area contributed by atoms with Crippen LogP contribution in [-0.2, 0) is 4.79 Å². The largest absolute Gasteiger partial charge is 0.381 e. The Labute approximate surface area is 69.6 Å². The summed E-state index contributed by atoms with van der Waals surface area (Å²) in [5, 5.41) is 9.05. The van der Waals surface area contributed by atoms with Gasteiger partial charge in [0.2, 0.25) is 0 Å². The van der Waals surface area contributed by atoms with Crippen molar-refractivity contribution >= 4 is 6.29 Å². The van der Waals surface area contributed by atoms with Gasteiger partial charge in [0, 0.05) is 0 Å². The molecule has 64 valence electrons. The lowest BCUT2D eigenvalue weighted by molar-refractivity contribution is -0.115. The summed E-state index contributed by atoms with van der Waals surface area (Å²) in [5.74, 6) is -0.336. The van der Waals surface area contributed by atoms with Gasteiger partial charge in [-0.05, 0) is 24.1 Å². The van der Waals surface area contributed by atoms with Crippen LogP contribution >= 0.6 is 0 Å². The van der Waals surface area contributed by atoms with Crippen molar-refractivity contribution in [2.75, 3.05) is 0 Å². The Bertz CT molecular complexity index is 297. The van der Waals surface area contributed by atoms with Crippen LogP contribution in [0.1, 0.15) is 17.2 Å². The second-order valence-electron chi connectivity index (χ2n) is 2.59. The van der Waals surface area contributed by atoms with Gasteiger partial charge in [0.05, 0.1) is 0 Å². The maximum Gasteiger partial charge on any atom is 0.153 e. The Kier molecular flexibility index (Phi) is 2.55. The first-order valence-electron chi connectivity index (χ1n) is 3.54. The zero-order chi connectivity index (χ0) is 9.14. The first-order valence-corrected chi connectivity index (χ1v) is 3.54. The molecule has 0 radical (unpaired) electrons. The molecular formula is C9H9FO2. The molecule has 0 spiro atoms. The lowest BCUT2D eigenvalue weighted by Gasteiger charge is -2.04. The van der Waals surface area contributed by atoms with E-state index >= 15 is 0 Å². The van der Waals surface area contributed by atoms with E-state index < -0.39 is 6.10 Å². The minimum absolute atomic E-state index is 0.336. The molecule has 1 atom stereocenters. The minimum atomic E-state index is -1.15. The van der Waals surface area contributed by atoms with Gasteiger partial charge in [-0.25, -0.2) is 4.39 Å². The highest BCUT2D eigenvalue weighted by Gasteiger charge is 2.06. The van der Waals surface area contributed by atoms with Crippen LogP contribution < -0.4 is 0 Å². The van der Waals surface area contributed by atoms with Crippen LogP contribution in [0.25, 0.3) is 0 Å². The van der Waals surface area contributed by atoms with Gasteiger partial charge in [-0.3, -0.25) is 0 Å². The molecule has 12 heavy (non-hydrogen) atoms. The van der Waals surface area contributed by atoms with E-state index in [0.29, 0.717) is 17.4 Å². The molecule has 1 rings (SSSR count). The fraction of sp³-hybridized carbons (Fsp3) is 0.222. The SMILES string of the molecule is Cc1cc(C(O)C=O)ccc1F. The van der Waals surface area contributed by atoms with Gasteiger partial charge in [0.25, 0.3) is 0 Å². The molecule has 0 aliphatic heterocycles. The van der Waals surface area contributed by atoms with Gasteiger partial charge in [-0.15, -0.1) is 0 Å². The monoisotopic (exact) mass is 168 g/mol. The minimum Gasteiger partial charge on any atom is -0.381 e. The molecule has 1 aromatic carbocycles. The maximum absolute atomic E-state index is 12.7. The molecule has 0 heterocycles. The zero-order valence-electron chi connectivity index (χ0n) is 6.62. The van der Waals surface area contributed by atoms with E-state index in [0.717, 1.165) is 0 Å². The summed E-state index contributed by atoms with van der Waals surface area (Å²) >= 11 is 0. The van der Waals surface area contributed by atoms with E-state index in [2.05, 4.69) is 0 Å². The predicted octanol–water partition coefficient (Wildman–Crippen LogP) is 1.37. The van der Waals surface area contributed by atoms with Crippen molar-refractivity contribution in [3.05, 3.63) is 35.1 Å². The Balaban J connectivity index is 3.04. The van der Waals surface area contributed by atoms with E-state index in [1.807, 2.05) is 0 Å². The van der Waals surface area contributed by atoms with Crippen LogP contribution in [0.4, 0.5) is 4.39 Å². The number of benzene rings is 1. The van der Waals surface area contributed by atoms with E-state index in [-0.39, 0.29) is 5.82 Å². The highest BCUT2D eigenvalue weighted by atomic mass is 19.1. The molecule has 0 aliphatic carbocycles. The van der Waals surface area contributed by atoms with Crippen LogP contribution in [-0.4, -0.2) is 11.4 Å². The molecule has 0 amide bonds. The molecule has 0 aromatic heterocycles. The molecular weight excluding hydrogens is 159 g/mol. The molecule has 1 aromatic rings. The fourth-order valence-electron chi connectivity index (χ4n) is 0.930. The number of rotatable bonds is 2. The average Bonchev–Trinajstić information content (AvgIpc) is 2.08. The number of halogens is 1. The van der Waals surface area contributed by atoms with Crippen LogP contribution in [0, 0.1) is 12.7 Å². The highest BCUT2D eigenvalue weighted by Crippen LogP contribution is 2.14. The molecule has 0 aliphatic rings. The molecule has 2 nitrogen and oxygen atoms in total. The lowest BCUT2D eigenvalue weighted by atomic mass is 10.1. The van der Waals surface area contributed by atoms with Gasteiger partial charge in [0.15, 0.2) is 6.29 Å². The quantitative estimate of drug-likeness (QED) is 0.677. The smallest absolute Gasteiger partial charge is 0.153 e. The summed E-state index contributed by atoms with van der Waals surface area (Å²) in [5.41, 5.74) is 0.845. The topological polar surface area (TPSA) is 37.3 Å². The van der Waals surface area contributed by atoms with E-state index in [1.54, 1.807) is 6.92 Å². The molecule has 0 saturated carbocycles. The molecule has 1 N–H and O–H groups in total. The number of hydrogen-bond acceptors (Lipinski definition) is 2. The number of hydrogen-bond donors (Lipinski definition) is 1. The highest BCUT2D eigenvalue weighted by molar-refractivity contribution is 5.59. The summed E-state index contributed by atoms with van der Waals surface area (Å²) in [6.07, 6.45) is -0.739. The molecule has 0 saturated heterocycles. The second-order valence-corrected chi connectivity index (χ2v) is 2.59. The molecule has 0 bridgehead atoms. The standard InChI is InChI=1S/C9H9FO2/c1-6-4-7(9(12)5-11)2-3-8(6)10/h2-5,9,12H,1H3. The van der Waals surface area contributed by atoms with Gasteiger partial charge >= 0.3 is 0 Å². The van der Waals surface area contributed by atoms with Crippen molar-refractivity contribution in [3.63, 3.8) is 0 Å². The van der Waals surface area contributed by atoms with E-state index in [1.165, 1.54) is 18.2 Å². The third-order valence-corrected chi connectivity index (χ3v) is 1.65. The summed E-state index contributed by atoms with van der Waals surface area (Å²) in [6.45, 7) is 1.58. The number of carbonyl (C=O) groups excluding carboxylic acids is 1. The normalized spacial score (nSPS) is 12.6. The third kappa shape index (κ3) is 1.68. The fourth-order valence-corrected chi connectivity index (χ4v) is 0.930. The van der Waals surface area contributed by atoms with Crippen molar-refractivity contribution in [2.24, 2.45) is 0 Å². The summed E-state index contributed by atoms with van der Waals surface area (Å²) in [7, 11) is 0. The number of aryl methyl sites for hydroxylation is 1. The number of aliphatic hydroxyl groups excluding tert-OH is 1. The Morgan fingerprint density at radius 2 is 2.25 bits per heavy atom. The summed E-state index contributed by atoms with van der Waals surface area (Å²) in [6, 6.07) is 4.08. The number of aldehydes is 1. The number of aliphatic hydroxyl groups is 1. The Morgan fingerprint density at radius 3 is 2.75 bits per heavy atom. The van der Waals surface area contributed by atoms with Crippen LogP contribution in [0.5, 0.6) is 0 Å².